The normalized spacial score (nSPS) is 11.8. The average molecular weight is 307 g/mol. The van der Waals surface area contributed by atoms with Crippen molar-refractivity contribution in [3.05, 3.63) is 29.3 Å². The lowest BCUT2D eigenvalue weighted by molar-refractivity contribution is -0.0512. The molecule has 0 spiro atoms. The Hall–Kier alpha value is -1.10. The fraction of sp³-hybridized carbons (Fsp3) is 0.333. The fourth-order valence-electron chi connectivity index (χ4n) is 1.29. The summed E-state index contributed by atoms with van der Waals surface area (Å²) in [5, 5.41) is 0.726. The molecule has 0 heterocycles. The Morgan fingerprint density at radius 1 is 1.41 bits per heavy atom. The molecule has 2 nitrogen and oxygen atoms in total. The van der Waals surface area contributed by atoms with Gasteiger partial charge in [-0.1, -0.05) is 33.6 Å². The van der Waals surface area contributed by atoms with Crippen LogP contribution in [0.1, 0.15) is 12.5 Å². The third kappa shape index (κ3) is 4.34. The molecule has 0 bridgehead atoms. The predicted octanol–water partition coefficient (Wildman–Crippen LogP) is 4.09. The Morgan fingerprint density at radius 3 is 2.65 bits per heavy atom. The van der Waals surface area contributed by atoms with Crippen LogP contribution in [0.15, 0.2) is 23.8 Å². The Morgan fingerprint density at radius 2 is 2.12 bits per heavy atom. The third-order valence-electron chi connectivity index (χ3n) is 2.03. The number of hydrogen-bond acceptors (Lipinski definition) is 2. The van der Waals surface area contributed by atoms with E-state index in [0.717, 1.165) is 16.5 Å². The molecule has 0 unspecified atom stereocenters. The molecule has 1 rings (SSSR count). The number of methoxy groups -OCH3 is 1. The zero-order chi connectivity index (χ0) is 12.8. The highest BCUT2D eigenvalue weighted by Gasteiger charge is 2.10. The van der Waals surface area contributed by atoms with E-state index in [0.29, 0.717) is 5.75 Å². The van der Waals surface area contributed by atoms with Crippen molar-refractivity contribution in [1.29, 1.82) is 0 Å². The molecule has 0 aliphatic rings. The van der Waals surface area contributed by atoms with Gasteiger partial charge in [0.1, 0.15) is 0 Å². The summed E-state index contributed by atoms with van der Waals surface area (Å²) in [6.45, 7) is -0.924. The van der Waals surface area contributed by atoms with Crippen LogP contribution >= 0.6 is 15.9 Å². The summed E-state index contributed by atoms with van der Waals surface area (Å²) in [6.07, 6.45) is 1.88. The van der Waals surface area contributed by atoms with Gasteiger partial charge < -0.3 is 9.47 Å². The maximum absolute atomic E-state index is 12.2. The van der Waals surface area contributed by atoms with Gasteiger partial charge >= 0.3 is 6.61 Å². The Kier molecular flexibility index (Phi) is 5.41. The smallest absolute Gasteiger partial charge is 0.387 e. The van der Waals surface area contributed by atoms with E-state index in [-0.39, 0.29) is 5.75 Å². The van der Waals surface area contributed by atoms with Crippen molar-refractivity contribution in [2.45, 2.75) is 13.5 Å². The molecule has 0 aliphatic carbocycles. The highest BCUT2D eigenvalue weighted by atomic mass is 79.9. The topological polar surface area (TPSA) is 18.5 Å². The monoisotopic (exact) mass is 306 g/mol. The average Bonchev–Trinajstić information content (AvgIpc) is 2.28. The first kappa shape index (κ1) is 14.0. The zero-order valence-corrected chi connectivity index (χ0v) is 11.1. The van der Waals surface area contributed by atoms with Crippen LogP contribution in [0.25, 0.3) is 6.08 Å². The minimum atomic E-state index is -2.86. The van der Waals surface area contributed by atoms with E-state index < -0.39 is 6.61 Å². The summed E-state index contributed by atoms with van der Waals surface area (Å²) in [5.41, 5.74) is 1.87. The van der Waals surface area contributed by atoms with Gasteiger partial charge in [0, 0.05) is 5.33 Å². The molecule has 0 radical (unpaired) electrons. The van der Waals surface area contributed by atoms with Crippen LogP contribution in [0, 0.1) is 0 Å². The summed E-state index contributed by atoms with van der Waals surface area (Å²) in [6, 6.07) is 4.91. The lowest BCUT2D eigenvalue weighted by atomic mass is 10.1. The van der Waals surface area contributed by atoms with Crippen molar-refractivity contribution in [1.82, 2.24) is 0 Å². The molecular weight excluding hydrogens is 294 g/mol. The number of benzene rings is 1. The van der Waals surface area contributed by atoms with E-state index in [1.54, 1.807) is 12.1 Å². The molecule has 1 aromatic carbocycles. The van der Waals surface area contributed by atoms with Gasteiger partial charge in [0.05, 0.1) is 7.11 Å². The van der Waals surface area contributed by atoms with E-state index in [9.17, 15) is 8.78 Å². The molecular formula is C12H13BrF2O2. The molecule has 0 N–H and O–H groups in total. The summed E-state index contributed by atoms with van der Waals surface area (Å²) in [7, 11) is 1.41. The van der Waals surface area contributed by atoms with Gasteiger partial charge in [0.15, 0.2) is 11.5 Å². The van der Waals surface area contributed by atoms with Crippen LogP contribution in [0.2, 0.25) is 0 Å². The molecule has 0 aliphatic heterocycles. The van der Waals surface area contributed by atoms with E-state index in [1.165, 1.54) is 13.2 Å². The molecule has 17 heavy (non-hydrogen) atoms. The van der Waals surface area contributed by atoms with Gasteiger partial charge in [-0.3, -0.25) is 0 Å². The molecule has 0 atom stereocenters. The number of ether oxygens (including phenoxy) is 2. The van der Waals surface area contributed by atoms with Crippen molar-refractivity contribution in [2.75, 3.05) is 12.4 Å². The van der Waals surface area contributed by atoms with Crippen LogP contribution in [-0.4, -0.2) is 19.1 Å². The van der Waals surface area contributed by atoms with Gasteiger partial charge in [0.25, 0.3) is 0 Å². The molecule has 0 saturated carbocycles. The van der Waals surface area contributed by atoms with E-state index >= 15 is 0 Å². The van der Waals surface area contributed by atoms with Crippen LogP contribution in [-0.2, 0) is 0 Å². The molecule has 5 heteroatoms. The minimum absolute atomic E-state index is 0.0404. The van der Waals surface area contributed by atoms with Crippen molar-refractivity contribution < 1.29 is 18.3 Å². The maximum atomic E-state index is 12.2. The lowest BCUT2D eigenvalue weighted by Crippen LogP contribution is -2.03. The van der Waals surface area contributed by atoms with Crippen molar-refractivity contribution in [2.24, 2.45) is 0 Å². The van der Waals surface area contributed by atoms with Crippen molar-refractivity contribution in [3.8, 4) is 11.5 Å². The van der Waals surface area contributed by atoms with Gasteiger partial charge in [-0.25, -0.2) is 0 Å². The lowest BCUT2D eigenvalue weighted by Gasteiger charge is -2.10. The summed E-state index contributed by atoms with van der Waals surface area (Å²) in [5.74, 6) is 0.331. The fourth-order valence-corrected chi connectivity index (χ4v) is 1.46. The number of alkyl halides is 3. The van der Waals surface area contributed by atoms with Gasteiger partial charge in [-0.2, -0.15) is 8.78 Å². The second-order valence-electron chi connectivity index (χ2n) is 3.41. The molecule has 0 amide bonds. The summed E-state index contributed by atoms with van der Waals surface area (Å²) < 4.78 is 33.7. The highest BCUT2D eigenvalue weighted by molar-refractivity contribution is 9.09. The first-order chi connectivity index (χ1) is 8.06. The highest BCUT2D eigenvalue weighted by Crippen LogP contribution is 2.30. The van der Waals surface area contributed by atoms with Gasteiger partial charge in [-0.15, -0.1) is 0 Å². The van der Waals surface area contributed by atoms with Crippen LogP contribution in [0.4, 0.5) is 8.78 Å². The molecule has 0 fully saturated rings. The second-order valence-corrected chi connectivity index (χ2v) is 3.97. The van der Waals surface area contributed by atoms with Crippen molar-refractivity contribution >= 4 is 22.0 Å². The van der Waals surface area contributed by atoms with Crippen molar-refractivity contribution in [3.63, 3.8) is 0 Å². The summed E-state index contributed by atoms with van der Waals surface area (Å²) >= 11 is 3.31. The van der Waals surface area contributed by atoms with Crippen LogP contribution < -0.4 is 9.47 Å². The first-order valence-electron chi connectivity index (χ1n) is 4.92. The molecule has 0 saturated heterocycles. The van der Waals surface area contributed by atoms with E-state index in [2.05, 4.69) is 20.7 Å². The predicted molar refractivity (Wildman–Crippen MR) is 67.1 cm³/mol. The Balaban J connectivity index is 3.04. The van der Waals surface area contributed by atoms with Gasteiger partial charge in [-0.05, 0) is 24.6 Å². The Labute approximate surface area is 107 Å². The third-order valence-corrected chi connectivity index (χ3v) is 2.91. The SMILES string of the molecule is COc1ccc(C=C(C)CBr)cc1OC(F)F. The second kappa shape index (κ2) is 6.59. The molecule has 94 valence electrons. The Bertz CT molecular complexity index is 405. The number of allylic oxidation sites excluding steroid dienone is 1. The quantitative estimate of drug-likeness (QED) is 0.763. The maximum Gasteiger partial charge on any atom is 0.387 e. The number of halogens is 3. The largest absolute Gasteiger partial charge is 0.493 e. The first-order valence-corrected chi connectivity index (χ1v) is 6.05. The number of hydrogen-bond donors (Lipinski definition) is 0. The van der Waals surface area contributed by atoms with Crippen LogP contribution in [0.5, 0.6) is 11.5 Å². The van der Waals surface area contributed by atoms with Gasteiger partial charge in [0.2, 0.25) is 0 Å². The molecule has 1 aromatic rings. The van der Waals surface area contributed by atoms with E-state index in [1.807, 2.05) is 13.0 Å². The van der Waals surface area contributed by atoms with Crippen LogP contribution in [0.3, 0.4) is 0 Å². The molecule has 0 aromatic heterocycles. The standard InChI is InChI=1S/C12H13BrF2O2/c1-8(7-13)5-9-3-4-10(16-2)11(6-9)17-12(14)15/h3-6,12H,7H2,1-2H3. The van der Waals surface area contributed by atoms with E-state index in [4.69, 9.17) is 4.74 Å². The minimum Gasteiger partial charge on any atom is -0.493 e. The summed E-state index contributed by atoms with van der Waals surface area (Å²) in [4.78, 5) is 0. The number of rotatable bonds is 5. The zero-order valence-electron chi connectivity index (χ0n) is 9.54.